The van der Waals surface area contributed by atoms with Gasteiger partial charge in [-0.2, -0.15) is 0 Å². The second-order valence-corrected chi connectivity index (χ2v) is 9.69. The zero-order valence-electron chi connectivity index (χ0n) is 15.2. The van der Waals surface area contributed by atoms with Crippen molar-refractivity contribution < 1.29 is 4.74 Å². The molecule has 3 aromatic rings. The number of ether oxygens (including phenoxy) is 1. The van der Waals surface area contributed by atoms with Gasteiger partial charge in [0.2, 0.25) is 0 Å². The Labute approximate surface area is 183 Å². The number of benzene rings is 2. The van der Waals surface area contributed by atoms with Gasteiger partial charge in [-0.3, -0.25) is 0 Å². The topological polar surface area (TPSA) is 12.5 Å². The molecule has 4 rings (SSSR count). The van der Waals surface area contributed by atoms with E-state index in [0.717, 1.165) is 17.6 Å². The summed E-state index contributed by atoms with van der Waals surface area (Å²) < 4.78 is 7.01. The molecule has 0 radical (unpaired) electrons. The van der Waals surface area contributed by atoms with Crippen LogP contribution in [-0.4, -0.2) is 32.1 Å². The van der Waals surface area contributed by atoms with E-state index in [9.17, 15) is 0 Å². The number of likely N-dealkylation sites (N-methyl/N-ethyl adjacent to an activating group) is 1. The first-order valence-corrected chi connectivity index (χ1v) is 11.0. The molecule has 142 valence electrons. The van der Waals surface area contributed by atoms with Gasteiger partial charge in [0.15, 0.2) is 0 Å². The van der Waals surface area contributed by atoms with Gasteiger partial charge < -0.3 is 9.64 Å². The van der Waals surface area contributed by atoms with Gasteiger partial charge in [0, 0.05) is 41.7 Å². The van der Waals surface area contributed by atoms with Gasteiger partial charge in [0.1, 0.15) is 0 Å². The molecule has 0 bridgehead atoms. The summed E-state index contributed by atoms with van der Waals surface area (Å²) >= 11 is 7.32. The Balaban J connectivity index is 0.00000210. The van der Waals surface area contributed by atoms with Crippen molar-refractivity contribution in [1.29, 1.82) is 0 Å². The highest BCUT2D eigenvalue weighted by atomic mass is 79.9. The SMILES string of the molecule is CN(C)CCOCc1cc2c(s1)-c1ccc(Br)cc1Sc1ccccc1-2.Cl. The maximum atomic E-state index is 5.89. The molecular weight excluding hydrogens is 462 g/mol. The molecule has 1 aliphatic rings. The Bertz CT molecular complexity index is 942. The summed E-state index contributed by atoms with van der Waals surface area (Å²) in [5.41, 5.74) is 3.95. The third-order valence-electron chi connectivity index (χ3n) is 4.30. The van der Waals surface area contributed by atoms with Crippen molar-refractivity contribution in [2.75, 3.05) is 27.2 Å². The van der Waals surface area contributed by atoms with Crippen LogP contribution in [0.2, 0.25) is 0 Å². The van der Waals surface area contributed by atoms with Crippen molar-refractivity contribution >= 4 is 51.4 Å². The number of hydrogen-bond donors (Lipinski definition) is 0. The van der Waals surface area contributed by atoms with Crippen LogP contribution in [-0.2, 0) is 11.3 Å². The molecule has 27 heavy (non-hydrogen) atoms. The highest BCUT2D eigenvalue weighted by Gasteiger charge is 2.22. The van der Waals surface area contributed by atoms with E-state index in [2.05, 4.69) is 83.5 Å². The second-order valence-electron chi connectivity index (χ2n) is 6.55. The van der Waals surface area contributed by atoms with E-state index in [1.165, 1.54) is 36.2 Å². The third-order valence-corrected chi connectivity index (χ3v) is 7.06. The van der Waals surface area contributed by atoms with Gasteiger partial charge in [-0.05, 0) is 43.9 Å². The zero-order chi connectivity index (χ0) is 18.1. The number of rotatable bonds is 5. The monoisotopic (exact) mass is 481 g/mol. The van der Waals surface area contributed by atoms with Crippen LogP contribution in [0.5, 0.6) is 0 Å². The summed E-state index contributed by atoms with van der Waals surface area (Å²) in [6.07, 6.45) is 0. The van der Waals surface area contributed by atoms with Crippen molar-refractivity contribution in [2.24, 2.45) is 0 Å². The van der Waals surface area contributed by atoms with Gasteiger partial charge in [-0.15, -0.1) is 23.7 Å². The average Bonchev–Trinajstić information content (AvgIpc) is 2.98. The van der Waals surface area contributed by atoms with Gasteiger partial charge in [0.25, 0.3) is 0 Å². The summed E-state index contributed by atoms with van der Waals surface area (Å²) in [6, 6.07) is 17.6. The van der Waals surface area contributed by atoms with E-state index in [1.807, 2.05) is 23.1 Å². The first-order valence-electron chi connectivity index (χ1n) is 8.54. The quantitative estimate of drug-likeness (QED) is 0.290. The second kappa shape index (κ2) is 9.12. The maximum Gasteiger partial charge on any atom is 0.0810 e. The van der Waals surface area contributed by atoms with Gasteiger partial charge in [-0.1, -0.05) is 52.0 Å². The minimum atomic E-state index is 0. The third kappa shape index (κ3) is 4.61. The van der Waals surface area contributed by atoms with E-state index in [0.29, 0.717) is 6.61 Å². The molecule has 0 atom stereocenters. The van der Waals surface area contributed by atoms with Crippen LogP contribution < -0.4 is 0 Å². The summed E-state index contributed by atoms with van der Waals surface area (Å²) in [5.74, 6) is 0. The Morgan fingerprint density at radius 1 is 0.963 bits per heavy atom. The first-order chi connectivity index (χ1) is 12.6. The van der Waals surface area contributed by atoms with Crippen molar-refractivity contribution in [3.05, 3.63) is 57.9 Å². The van der Waals surface area contributed by atoms with Crippen LogP contribution >= 0.6 is 51.4 Å². The first kappa shape index (κ1) is 20.9. The molecule has 0 amide bonds. The molecular formula is C21H21BrClNOS2. The van der Waals surface area contributed by atoms with Crippen molar-refractivity contribution in [3.63, 3.8) is 0 Å². The Kier molecular flexibility index (Phi) is 7.06. The fourth-order valence-electron chi connectivity index (χ4n) is 3.00. The van der Waals surface area contributed by atoms with Crippen LogP contribution in [0.1, 0.15) is 4.88 Å². The van der Waals surface area contributed by atoms with Crippen LogP contribution in [0.3, 0.4) is 0 Å². The fraction of sp³-hybridized carbons (Fsp3) is 0.238. The van der Waals surface area contributed by atoms with Crippen LogP contribution in [0.15, 0.2) is 62.8 Å². The molecule has 6 heteroatoms. The lowest BCUT2D eigenvalue weighted by Gasteiger charge is -2.09. The normalized spacial score (nSPS) is 12.0. The van der Waals surface area contributed by atoms with E-state index >= 15 is 0 Å². The summed E-state index contributed by atoms with van der Waals surface area (Å²) in [6.45, 7) is 2.37. The Hall–Kier alpha value is -0.820. The van der Waals surface area contributed by atoms with Crippen LogP contribution in [0.4, 0.5) is 0 Å². The number of halogens is 2. The van der Waals surface area contributed by atoms with Gasteiger partial charge in [0.05, 0.1) is 13.2 Å². The lowest BCUT2D eigenvalue weighted by atomic mass is 10.0. The molecule has 0 aliphatic carbocycles. The van der Waals surface area contributed by atoms with E-state index < -0.39 is 0 Å². The Morgan fingerprint density at radius 2 is 1.78 bits per heavy atom. The van der Waals surface area contributed by atoms with Gasteiger partial charge in [-0.25, -0.2) is 0 Å². The number of thiophene rings is 1. The van der Waals surface area contributed by atoms with Crippen molar-refractivity contribution in [2.45, 2.75) is 16.4 Å². The molecule has 0 spiro atoms. The summed E-state index contributed by atoms with van der Waals surface area (Å²) in [4.78, 5) is 7.38. The van der Waals surface area contributed by atoms with E-state index in [1.54, 1.807) is 0 Å². The summed E-state index contributed by atoms with van der Waals surface area (Å²) in [7, 11) is 4.14. The minimum Gasteiger partial charge on any atom is -0.375 e. The number of nitrogens with zero attached hydrogens (tertiary/aromatic N) is 1. The molecule has 0 saturated carbocycles. The highest BCUT2D eigenvalue weighted by molar-refractivity contribution is 9.10. The maximum absolute atomic E-state index is 5.89. The molecule has 2 heterocycles. The van der Waals surface area contributed by atoms with Gasteiger partial charge >= 0.3 is 0 Å². The number of hydrogen-bond acceptors (Lipinski definition) is 4. The fourth-order valence-corrected chi connectivity index (χ4v) is 5.86. The molecule has 0 fully saturated rings. The molecule has 0 N–H and O–H groups in total. The molecule has 2 nitrogen and oxygen atoms in total. The summed E-state index contributed by atoms with van der Waals surface area (Å²) in [5, 5.41) is 0. The predicted octanol–water partition coefficient (Wildman–Crippen LogP) is 6.81. The Morgan fingerprint density at radius 3 is 2.59 bits per heavy atom. The molecule has 0 saturated heterocycles. The lowest BCUT2D eigenvalue weighted by Crippen LogP contribution is -2.17. The van der Waals surface area contributed by atoms with Crippen LogP contribution in [0, 0.1) is 0 Å². The van der Waals surface area contributed by atoms with E-state index in [-0.39, 0.29) is 12.4 Å². The predicted molar refractivity (Wildman–Crippen MR) is 122 cm³/mol. The lowest BCUT2D eigenvalue weighted by molar-refractivity contribution is 0.107. The minimum absolute atomic E-state index is 0. The average molecular weight is 483 g/mol. The number of fused-ring (bicyclic) bond motifs is 5. The van der Waals surface area contributed by atoms with Crippen molar-refractivity contribution in [3.8, 4) is 21.6 Å². The molecule has 1 aliphatic heterocycles. The standard InChI is InChI=1S/C21H20BrNOS2.ClH/c1-23(2)9-10-24-13-15-12-18-16-5-3-4-6-19(16)26-20-11-14(22)7-8-17(20)21(18)25-15;/h3-8,11-12H,9-10,13H2,1-2H3;1H. The molecule has 1 aromatic heterocycles. The zero-order valence-corrected chi connectivity index (χ0v) is 19.2. The molecule has 2 aromatic carbocycles. The molecule has 0 unspecified atom stereocenters. The van der Waals surface area contributed by atoms with Crippen molar-refractivity contribution in [1.82, 2.24) is 4.90 Å². The largest absolute Gasteiger partial charge is 0.375 e. The smallest absolute Gasteiger partial charge is 0.0810 e. The van der Waals surface area contributed by atoms with Crippen LogP contribution in [0.25, 0.3) is 21.6 Å². The highest BCUT2D eigenvalue weighted by Crippen LogP contribution is 2.51. The van der Waals surface area contributed by atoms with E-state index in [4.69, 9.17) is 4.74 Å².